The van der Waals surface area contributed by atoms with Crippen molar-refractivity contribution in [2.24, 2.45) is 0 Å². The fraction of sp³-hybridized carbons (Fsp3) is 0.273. The minimum atomic E-state index is -0.952. The summed E-state index contributed by atoms with van der Waals surface area (Å²) in [5.74, 6) is -0.486. The molecular weight excluding hydrogens is 226 g/mol. The maximum atomic E-state index is 12.0. The summed E-state index contributed by atoms with van der Waals surface area (Å²) in [4.78, 5) is 24.3. The summed E-state index contributed by atoms with van der Waals surface area (Å²) < 4.78 is 0. The molecule has 4 nitrogen and oxygen atoms in total. The second kappa shape index (κ2) is 4.57. The fourth-order valence-electron chi connectivity index (χ4n) is 1.63. The van der Waals surface area contributed by atoms with Crippen molar-refractivity contribution in [1.82, 2.24) is 4.90 Å². The average molecular weight is 237 g/mol. The van der Waals surface area contributed by atoms with E-state index in [1.165, 1.54) is 16.7 Å². The van der Waals surface area contributed by atoms with Crippen LogP contribution >= 0.6 is 11.8 Å². The molecule has 0 saturated carbocycles. The van der Waals surface area contributed by atoms with Gasteiger partial charge < -0.3 is 10.0 Å². The summed E-state index contributed by atoms with van der Waals surface area (Å²) in [6.07, 6.45) is 0. The van der Waals surface area contributed by atoms with E-state index in [4.69, 9.17) is 5.11 Å². The summed E-state index contributed by atoms with van der Waals surface area (Å²) in [6, 6.07) is 8.76. The summed E-state index contributed by atoms with van der Waals surface area (Å²) in [5, 5.41) is 8.22. The van der Waals surface area contributed by atoms with Gasteiger partial charge in [-0.05, 0) is 12.1 Å². The number of rotatable bonds is 2. The normalized spacial score (nSPS) is 19.8. The monoisotopic (exact) mass is 237 g/mol. The molecule has 1 fully saturated rings. The van der Waals surface area contributed by atoms with E-state index in [-0.39, 0.29) is 5.91 Å². The van der Waals surface area contributed by atoms with Crippen LogP contribution in [0.1, 0.15) is 10.4 Å². The number of hydrogen-bond donors (Lipinski definition) is 1. The van der Waals surface area contributed by atoms with Gasteiger partial charge in [0.25, 0.3) is 5.91 Å². The number of thioether (sulfide) groups is 1. The van der Waals surface area contributed by atoms with Gasteiger partial charge in [0.05, 0.1) is 0 Å². The van der Waals surface area contributed by atoms with Gasteiger partial charge in [-0.15, -0.1) is 11.8 Å². The molecule has 0 radical (unpaired) electrons. The molecule has 1 saturated heterocycles. The van der Waals surface area contributed by atoms with Crippen molar-refractivity contribution in [2.75, 3.05) is 12.3 Å². The number of carboxylic acids is 1. The van der Waals surface area contributed by atoms with E-state index in [0.717, 1.165) is 0 Å². The highest BCUT2D eigenvalue weighted by atomic mass is 32.2. The van der Waals surface area contributed by atoms with E-state index in [9.17, 15) is 9.59 Å². The van der Waals surface area contributed by atoms with E-state index in [1.807, 2.05) is 6.07 Å². The third kappa shape index (κ3) is 2.04. The lowest BCUT2D eigenvalue weighted by atomic mass is 10.2. The molecule has 0 aromatic heterocycles. The van der Waals surface area contributed by atoms with Gasteiger partial charge >= 0.3 is 5.97 Å². The highest BCUT2D eigenvalue weighted by molar-refractivity contribution is 8.00. The second-order valence-electron chi connectivity index (χ2n) is 3.43. The molecule has 0 aliphatic carbocycles. The van der Waals surface area contributed by atoms with Crippen molar-refractivity contribution in [2.45, 2.75) is 5.37 Å². The predicted octanol–water partition coefficient (Wildman–Crippen LogP) is 1.29. The van der Waals surface area contributed by atoms with E-state index in [1.54, 1.807) is 24.3 Å². The molecule has 1 aromatic rings. The third-order valence-corrected chi connectivity index (χ3v) is 3.57. The molecule has 1 aliphatic rings. The van der Waals surface area contributed by atoms with Crippen LogP contribution in [-0.4, -0.2) is 39.6 Å². The molecule has 1 N–H and O–H groups in total. The van der Waals surface area contributed by atoms with Crippen molar-refractivity contribution < 1.29 is 14.7 Å². The summed E-state index contributed by atoms with van der Waals surface area (Å²) in [5.41, 5.74) is 0.538. The maximum absolute atomic E-state index is 12.0. The molecule has 84 valence electrons. The van der Waals surface area contributed by atoms with E-state index in [2.05, 4.69) is 0 Å². The number of amides is 1. The van der Waals surface area contributed by atoms with Gasteiger partial charge in [0.2, 0.25) is 0 Å². The Bertz CT molecular complexity index is 407. The lowest BCUT2D eigenvalue weighted by Crippen LogP contribution is -2.39. The molecule has 1 aromatic carbocycles. The molecule has 5 heteroatoms. The number of benzene rings is 1. The Balaban J connectivity index is 2.19. The van der Waals surface area contributed by atoms with E-state index < -0.39 is 11.3 Å². The molecule has 2 rings (SSSR count). The van der Waals surface area contributed by atoms with E-state index >= 15 is 0 Å². The number of aliphatic carboxylic acids is 1. The molecule has 16 heavy (non-hydrogen) atoms. The number of hydrogen-bond acceptors (Lipinski definition) is 3. The first-order chi connectivity index (χ1) is 7.70. The molecule has 1 amide bonds. The quantitative estimate of drug-likeness (QED) is 0.842. The van der Waals surface area contributed by atoms with Gasteiger partial charge in [-0.3, -0.25) is 4.79 Å². The lowest BCUT2D eigenvalue weighted by Gasteiger charge is -2.20. The Morgan fingerprint density at radius 3 is 2.62 bits per heavy atom. The molecule has 1 heterocycles. The molecule has 1 atom stereocenters. The molecule has 1 unspecified atom stereocenters. The SMILES string of the molecule is O=C(O)C1SCCN1C(=O)c1ccccc1. The Labute approximate surface area is 97.3 Å². The van der Waals surface area contributed by atoms with Crippen LogP contribution in [0.3, 0.4) is 0 Å². The largest absolute Gasteiger partial charge is 0.479 e. The van der Waals surface area contributed by atoms with Gasteiger partial charge in [-0.1, -0.05) is 18.2 Å². The third-order valence-electron chi connectivity index (χ3n) is 2.38. The summed E-state index contributed by atoms with van der Waals surface area (Å²) in [6.45, 7) is 0.495. The number of carbonyl (C=O) groups excluding carboxylic acids is 1. The first-order valence-electron chi connectivity index (χ1n) is 4.90. The van der Waals surface area contributed by atoms with Crippen molar-refractivity contribution in [3.05, 3.63) is 35.9 Å². The van der Waals surface area contributed by atoms with Crippen molar-refractivity contribution in [3.8, 4) is 0 Å². The first kappa shape index (κ1) is 11.0. The smallest absolute Gasteiger partial charge is 0.337 e. The zero-order valence-corrected chi connectivity index (χ0v) is 9.31. The van der Waals surface area contributed by atoms with Crippen LogP contribution in [0.2, 0.25) is 0 Å². The van der Waals surface area contributed by atoms with Crippen LogP contribution < -0.4 is 0 Å². The molecule has 0 bridgehead atoms. The minimum absolute atomic E-state index is 0.210. The van der Waals surface area contributed by atoms with Gasteiger partial charge in [0.1, 0.15) is 0 Å². The second-order valence-corrected chi connectivity index (χ2v) is 4.61. The first-order valence-corrected chi connectivity index (χ1v) is 5.95. The highest BCUT2D eigenvalue weighted by Gasteiger charge is 2.34. The number of carbonyl (C=O) groups is 2. The minimum Gasteiger partial charge on any atom is -0.479 e. The van der Waals surface area contributed by atoms with Crippen LogP contribution in [0.4, 0.5) is 0 Å². The van der Waals surface area contributed by atoms with E-state index in [0.29, 0.717) is 17.9 Å². The maximum Gasteiger partial charge on any atom is 0.337 e. The van der Waals surface area contributed by atoms with Crippen LogP contribution in [0.25, 0.3) is 0 Å². The zero-order valence-electron chi connectivity index (χ0n) is 8.50. The van der Waals surface area contributed by atoms with Crippen molar-refractivity contribution >= 4 is 23.6 Å². The summed E-state index contributed by atoms with van der Waals surface area (Å²) >= 11 is 1.29. The predicted molar refractivity (Wildman–Crippen MR) is 61.4 cm³/mol. The van der Waals surface area contributed by atoms with Crippen LogP contribution in [0.15, 0.2) is 30.3 Å². The Hall–Kier alpha value is -1.49. The van der Waals surface area contributed by atoms with Crippen LogP contribution in [0, 0.1) is 0 Å². The van der Waals surface area contributed by atoms with Gasteiger partial charge in [0, 0.05) is 17.9 Å². The number of carboxylic acid groups (broad SMARTS) is 1. The van der Waals surface area contributed by atoms with Crippen LogP contribution in [0.5, 0.6) is 0 Å². The van der Waals surface area contributed by atoms with Crippen molar-refractivity contribution in [3.63, 3.8) is 0 Å². The molecule has 0 spiro atoms. The van der Waals surface area contributed by atoms with Gasteiger partial charge in [-0.25, -0.2) is 4.79 Å². The highest BCUT2D eigenvalue weighted by Crippen LogP contribution is 2.25. The topological polar surface area (TPSA) is 57.6 Å². The van der Waals surface area contributed by atoms with Gasteiger partial charge in [-0.2, -0.15) is 0 Å². The Morgan fingerprint density at radius 2 is 2.00 bits per heavy atom. The van der Waals surface area contributed by atoms with Gasteiger partial charge in [0.15, 0.2) is 5.37 Å². The average Bonchev–Trinajstić information content (AvgIpc) is 2.78. The molecule has 1 aliphatic heterocycles. The standard InChI is InChI=1S/C11H11NO3S/c13-9(8-4-2-1-3-5-8)12-6-7-16-10(12)11(14)15/h1-5,10H,6-7H2,(H,14,15). The lowest BCUT2D eigenvalue weighted by molar-refractivity contribution is -0.138. The van der Waals surface area contributed by atoms with Crippen molar-refractivity contribution in [1.29, 1.82) is 0 Å². The fourth-order valence-corrected chi connectivity index (χ4v) is 2.68. The number of nitrogens with zero attached hydrogens (tertiary/aromatic N) is 1. The molecular formula is C11H11NO3S. The van der Waals surface area contributed by atoms with Crippen LogP contribution in [-0.2, 0) is 4.79 Å². The Morgan fingerprint density at radius 1 is 1.31 bits per heavy atom. The zero-order chi connectivity index (χ0) is 11.5. The summed E-state index contributed by atoms with van der Waals surface area (Å²) in [7, 11) is 0. The Kier molecular flexibility index (Phi) is 3.14.